The van der Waals surface area contributed by atoms with Crippen LogP contribution in [0.15, 0.2) is 36.4 Å². The number of pyridine rings is 1. The summed E-state index contributed by atoms with van der Waals surface area (Å²) in [4.78, 5) is 17.3. The molecule has 0 saturated heterocycles. The van der Waals surface area contributed by atoms with Gasteiger partial charge in [-0.25, -0.2) is 13.4 Å². The number of carbonyl (C=O) groups is 1. The first-order valence-electron chi connectivity index (χ1n) is 10.0. The van der Waals surface area contributed by atoms with Crippen LogP contribution < -0.4 is 14.9 Å². The zero-order valence-corrected chi connectivity index (χ0v) is 19.1. The fourth-order valence-corrected chi connectivity index (χ4v) is 3.66. The van der Waals surface area contributed by atoms with Gasteiger partial charge in [0.05, 0.1) is 18.9 Å². The number of nitrogens with one attached hydrogen (secondary N) is 2. The molecule has 3 N–H and O–H groups in total. The summed E-state index contributed by atoms with van der Waals surface area (Å²) in [7, 11) is -2.16. The quantitative estimate of drug-likeness (QED) is 0.495. The normalized spacial score (nSPS) is 14.7. The van der Waals surface area contributed by atoms with Gasteiger partial charge in [0.25, 0.3) is 5.91 Å². The van der Waals surface area contributed by atoms with Gasteiger partial charge in [-0.3, -0.25) is 9.10 Å². The highest BCUT2D eigenvalue weighted by Gasteiger charge is 2.23. The molecule has 31 heavy (non-hydrogen) atoms. The molecule has 1 atom stereocenters. The second-order valence-electron chi connectivity index (χ2n) is 7.84. The molecule has 10 heteroatoms. The molecule has 1 unspecified atom stereocenters. The van der Waals surface area contributed by atoms with Crippen molar-refractivity contribution in [2.24, 2.45) is 5.92 Å². The average Bonchev–Trinajstić information content (AvgIpc) is 3.54. The summed E-state index contributed by atoms with van der Waals surface area (Å²) in [6.45, 7) is 0.459. The van der Waals surface area contributed by atoms with Crippen LogP contribution in [0.25, 0.3) is 0 Å². The van der Waals surface area contributed by atoms with E-state index in [1.807, 2.05) is 12.1 Å². The maximum Gasteiger partial charge on any atom is 0.251 e. The van der Waals surface area contributed by atoms with E-state index >= 15 is 0 Å². The molecule has 3 rings (SSSR count). The molecule has 0 aliphatic heterocycles. The third-order valence-corrected chi connectivity index (χ3v) is 6.51. The third-order valence-electron chi connectivity index (χ3n) is 5.09. The number of hydrogen-bond donors (Lipinski definition) is 3. The predicted molar refractivity (Wildman–Crippen MR) is 122 cm³/mol. The molecule has 1 aromatic heterocycles. The molecule has 168 valence electrons. The van der Waals surface area contributed by atoms with Crippen LogP contribution in [0.3, 0.4) is 0 Å². The van der Waals surface area contributed by atoms with E-state index in [4.69, 9.17) is 11.6 Å². The van der Waals surface area contributed by atoms with E-state index in [1.54, 1.807) is 18.2 Å². The van der Waals surface area contributed by atoms with E-state index in [2.05, 4.69) is 15.6 Å². The average molecular weight is 467 g/mol. The molecule has 1 amide bonds. The van der Waals surface area contributed by atoms with Gasteiger partial charge in [0.2, 0.25) is 10.0 Å². The molecule has 2 aromatic rings. The molecule has 1 fully saturated rings. The SMILES string of the molecule is CN(c1cc(C(=O)NC(CO)Cc2cccc(Cl)c2)cc(NCC2CC2)n1)S(C)(=O)=O. The number of hydrogen-bond acceptors (Lipinski definition) is 6. The first-order valence-corrected chi connectivity index (χ1v) is 12.2. The summed E-state index contributed by atoms with van der Waals surface area (Å²) < 4.78 is 25.0. The smallest absolute Gasteiger partial charge is 0.251 e. The Bertz CT molecular complexity index is 1040. The van der Waals surface area contributed by atoms with E-state index in [0.29, 0.717) is 29.7 Å². The van der Waals surface area contributed by atoms with E-state index in [0.717, 1.165) is 29.0 Å². The number of nitrogens with zero attached hydrogens (tertiary/aromatic N) is 2. The summed E-state index contributed by atoms with van der Waals surface area (Å²) in [6.07, 6.45) is 3.76. The Morgan fingerprint density at radius 2 is 2.06 bits per heavy atom. The summed E-state index contributed by atoms with van der Waals surface area (Å²) in [6, 6.07) is 9.69. The zero-order valence-electron chi connectivity index (χ0n) is 17.5. The van der Waals surface area contributed by atoms with Gasteiger partial charge >= 0.3 is 0 Å². The number of rotatable bonds is 10. The lowest BCUT2D eigenvalue weighted by atomic mass is 10.1. The molecule has 8 nitrogen and oxygen atoms in total. The number of aromatic nitrogens is 1. The number of halogens is 1. The number of amides is 1. The van der Waals surface area contributed by atoms with Crippen molar-refractivity contribution < 1.29 is 18.3 Å². The predicted octanol–water partition coefficient (Wildman–Crippen LogP) is 2.29. The molecule has 0 spiro atoms. The highest BCUT2D eigenvalue weighted by molar-refractivity contribution is 7.92. The van der Waals surface area contributed by atoms with Crippen molar-refractivity contribution in [3.63, 3.8) is 0 Å². The van der Waals surface area contributed by atoms with Gasteiger partial charge in [0, 0.05) is 24.2 Å². The third kappa shape index (κ3) is 6.81. The number of carbonyl (C=O) groups excluding carboxylic acids is 1. The van der Waals surface area contributed by atoms with Gasteiger partial charge < -0.3 is 15.7 Å². The largest absolute Gasteiger partial charge is 0.394 e. The fraction of sp³-hybridized carbons (Fsp3) is 0.429. The van der Waals surface area contributed by atoms with Crippen LogP contribution in [0.2, 0.25) is 5.02 Å². The van der Waals surface area contributed by atoms with Crippen LogP contribution in [0.5, 0.6) is 0 Å². The van der Waals surface area contributed by atoms with Crippen LogP contribution in [0.4, 0.5) is 11.6 Å². The molecule has 0 bridgehead atoms. The van der Waals surface area contributed by atoms with Crippen LogP contribution in [0.1, 0.15) is 28.8 Å². The highest BCUT2D eigenvalue weighted by atomic mass is 35.5. The van der Waals surface area contributed by atoms with Crippen LogP contribution in [-0.4, -0.2) is 56.9 Å². The van der Waals surface area contributed by atoms with Crippen LogP contribution >= 0.6 is 11.6 Å². The Hall–Kier alpha value is -2.36. The summed E-state index contributed by atoms with van der Waals surface area (Å²) in [5, 5.41) is 16.3. The van der Waals surface area contributed by atoms with Gasteiger partial charge in [0.1, 0.15) is 11.6 Å². The maximum absolute atomic E-state index is 12.9. The highest BCUT2D eigenvalue weighted by Crippen LogP contribution is 2.29. The van der Waals surface area contributed by atoms with E-state index in [1.165, 1.54) is 13.1 Å². The lowest BCUT2D eigenvalue weighted by molar-refractivity contribution is 0.0916. The molecule has 1 heterocycles. The number of sulfonamides is 1. The van der Waals surface area contributed by atoms with Crippen molar-refractivity contribution in [2.45, 2.75) is 25.3 Å². The Morgan fingerprint density at radius 3 is 2.68 bits per heavy atom. The van der Waals surface area contributed by atoms with Crippen molar-refractivity contribution in [1.82, 2.24) is 10.3 Å². The number of aliphatic hydroxyl groups is 1. The fourth-order valence-electron chi connectivity index (χ4n) is 3.02. The minimum absolute atomic E-state index is 0.142. The summed E-state index contributed by atoms with van der Waals surface area (Å²) >= 11 is 6.01. The van der Waals surface area contributed by atoms with Gasteiger partial charge in [-0.1, -0.05) is 23.7 Å². The van der Waals surface area contributed by atoms with E-state index in [9.17, 15) is 18.3 Å². The second-order valence-corrected chi connectivity index (χ2v) is 10.3. The molecular weight excluding hydrogens is 440 g/mol. The Kier molecular flexibility index (Phi) is 7.40. The molecular formula is C21H27ClN4O4S. The van der Waals surface area contributed by atoms with Crippen molar-refractivity contribution in [1.29, 1.82) is 0 Å². The molecule has 1 aliphatic carbocycles. The maximum atomic E-state index is 12.9. The number of benzene rings is 1. The minimum Gasteiger partial charge on any atom is -0.394 e. The van der Waals surface area contributed by atoms with Crippen LogP contribution in [-0.2, 0) is 16.4 Å². The Labute approximate surface area is 187 Å². The van der Waals surface area contributed by atoms with Gasteiger partial charge in [-0.2, -0.15) is 0 Å². The molecule has 1 aliphatic rings. The topological polar surface area (TPSA) is 112 Å². The minimum atomic E-state index is -3.55. The lowest BCUT2D eigenvalue weighted by Gasteiger charge is -2.20. The lowest BCUT2D eigenvalue weighted by Crippen LogP contribution is -2.39. The summed E-state index contributed by atoms with van der Waals surface area (Å²) in [5.41, 5.74) is 1.13. The van der Waals surface area contributed by atoms with Crippen LogP contribution in [0, 0.1) is 5.92 Å². The van der Waals surface area contributed by atoms with Crippen molar-refractivity contribution in [2.75, 3.05) is 36.1 Å². The summed E-state index contributed by atoms with van der Waals surface area (Å²) in [5.74, 6) is 0.720. The monoisotopic (exact) mass is 466 g/mol. The molecule has 0 radical (unpaired) electrons. The Balaban J connectivity index is 1.80. The van der Waals surface area contributed by atoms with Crippen molar-refractivity contribution >= 4 is 39.2 Å². The first-order chi connectivity index (χ1) is 14.7. The van der Waals surface area contributed by atoms with Gasteiger partial charge in [-0.15, -0.1) is 0 Å². The first kappa shape index (κ1) is 23.3. The second kappa shape index (κ2) is 9.84. The van der Waals surface area contributed by atoms with E-state index in [-0.39, 0.29) is 18.0 Å². The zero-order chi connectivity index (χ0) is 22.6. The van der Waals surface area contributed by atoms with Crippen molar-refractivity contribution in [3.8, 4) is 0 Å². The van der Waals surface area contributed by atoms with Gasteiger partial charge in [0.15, 0.2) is 0 Å². The number of aliphatic hydroxyl groups excluding tert-OH is 1. The van der Waals surface area contributed by atoms with Gasteiger partial charge in [-0.05, 0) is 55.0 Å². The molecule has 1 aromatic carbocycles. The number of anilines is 2. The Morgan fingerprint density at radius 1 is 1.32 bits per heavy atom. The molecule has 1 saturated carbocycles. The van der Waals surface area contributed by atoms with E-state index < -0.39 is 22.0 Å². The standard InChI is InChI=1S/C21H27ClN4O4S/c1-26(31(2,29)30)20-11-16(10-19(25-20)23-12-14-6-7-14)21(28)24-18(13-27)9-15-4-3-5-17(22)8-15/h3-5,8,10-11,14,18,27H,6-7,9,12-13H2,1-2H3,(H,23,25)(H,24,28). The van der Waals surface area contributed by atoms with Crippen molar-refractivity contribution in [3.05, 3.63) is 52.5 Å².